The van der Waals surface area contributed by atoms with Crippen LogP contribution >= 0.6 is 0 Å². The molecule has 0 spiro atoms. The average molecular weight is 198 g/mol. The first-order valence-electron chi connectivity index (χ1n) is 5.60. The molecule has 2 rings (SSSR count). The van der Waals surface area contributed by atoms with Crippen molar-refractivity contribution in [2.45, 2.75) is 57.3 Å². The van der Waals surface area contributed by atoms with E-state index in [0.717, 1.165) is 26.1 Å². The fourth-order valence-corrected chi connectivity index (χ4v) is 3.05. The number of nitrogens with zero attached hydrogens (tertiary/aromatic N) is 1. The topological polar surface area (TPSA) is 38.5 Å². The van der Waals surface area contributed by atoms with Crippen molar-refractivity contribution in [2.24, 2.45) is 5.73 Å². The number of ether oxygens (including phenoxy) is 1. The van der Waals surface area contributed by atoms with Crippen molar-refractivity contribution < 1.29 is 4.74 Å². The largest absolute Gasteiger partial charge is 0.378 e. The summed E-state index contributed by atoms with van der Waals surface area (Å²) in [5.74, 6) is 0. The Bertz CT molecular complexity index is 198. The molecular weight excluding hydrogens is 176 g/mol. The summed E-state index contributed by atoms with van der Waals surface area (Å²) < 4.78 is 5.61. The number of piperidine rings is 1. The summed E-state index contributed by atoms with van der Waals surface area (Å²) in [6, 6.07) is 1.46. The number of nitrogens with two attached hydrogens (primary N) is 1. The molecule has 2 aliphatic heterocycles. The zero-order valence-corrected chi connectivity index (χ0v) is 9.49. The van der Waals surface area contributed by atoms with Crippen LogP contribution < -0.4 is 5.73 Å². The molecule has 0 aromatic rings. The highest BCUT2D eigenvalue weighted by Crippen LogP contribution is 2.32. The lowest BCUT2D eigenvalue weighted by atomic mass is 9.86. The summed E-state index contributed by atoms with van der Waals surface area (Å²) in [7, 11) is 0. The van der Waals surface area contributed by atoms with Gasteiger partial charge in [-0.2, -0.15) is 0 Å². The van der Waals surface area contributed by atoms with Crippen molar-refractivity contribution in [3.05, 3.63) is 0 Å². The average Bonchev–Trinajstić information content (AvgIpc) is 1.99. The molecule has 2 atom stereocenters. The monoisotopic (exact) mass is 198 g/mol. The molecule has 2 aliphatic rings. The minimum absolute atomic E-state index is 0.249. The van der Waals surface area contributed by atoms with E-state index in [1.165, 1.54) is 0 Å². The predicted molar refractivity (Wildman–Crippen MR) is 57.2 cm³/mol. The Hall–Kier alpha value is -0.120. The van der Waals surface area contributed by atoms with Crippen LogP contribution in [-0.2, 0) is 4.74 Å². The molecule has 0 aromatic heterocycles. The minimum atomic E-state index is 0.249. The second kappa shape index (κ2) is 3.47. The highest BCUT2D eigenvalue weighted by Gasteiger charge is 2.42. The molecule has 2 unspecified atom stereocenters. The molecular formula is C11H22N2O. The molecule has 3 nitrogen and oxygen atoms in total. The Balaban J connectivity index is 2.17. The van der Waals surface area contributed by atoms with E-state index in [4.69, 9.17) is 10.5 Å². The van der Waals surface area contributed by atoms with Gasteiger partial charge in [-0.1, -0.05) is 0 Å². The van der Waals surface area contributed by atoms with Crippen LogP contribution in [0.3, 0.4) is 0 Å². The van der Waals surface area contributed by atoms with Crippen molar-refractivity contribution in [3.8, 4) is 0 Å². The predicted octanol–water partition coefficient (Wildman–Crippen LogP) is 0.975. The van der Waals surface area contributed by atoms with Crippen LogP contribution in [-0.4, -0.2) is 41.8 Å². The van der Waals surface area contributed by atoms with Crippen LogP contribution in [0.5, 0.6) is 0 Å². The van der Waals surface area contributed by atoms with Crippen LogP contribution in [0.1, 0.15) is 33.6 Å². The lowest BCUT2D eigenvalue weighted by molar-refractivity contribution is -0.115. The second-order valence-electron chi connectivity index (χ2n) is 5.65. The van der Waals surface area contributed by atoms with Crippen LogP contribution in [0.25, 0.3) is 0 Å². The summed E-state index contributed by atoms with van der Waals surface area (Å²) in [4.78, 5) is 2.61. The molecule has 3 heteroatoms. The molecule has 0 aromatic carbocycles. The summed E-state index contributed by atoms with van der Waals surface area (Å²) in [6.45, 7) is 8.59. The lowest BCUT2D eigenvalue weighted by Crippen LogP contribution is -2.65. The number of hydrogen-bond donors (Lipinski definition) is 1. The minimum Gasteiger partial charge on any atom is -0.378 e. The quantitative estimate of drug-likeness (QED) is 0.630. The molecule has 0 saturated carbocycles. The molecule has 0 aliphatic carbocycles. The lowest BCUT2D eigenvalue weighted by Gasteiger charge is -2.53. The zero-order valence-electron chi connectivity index (χ0n) is 9.49. The van der Waals surface area contributed by atoms with Gasteiger partial charge in [0.15, 0.2) is 0 Å². The molecule has 0 radical (unpaired) electrons. The van der Waals surface area contributed by atoms with Gasteiger partial charge in [0.1, 0.15) is 0 Å². The van der Waals surface area contributed by atoms with Gasteiger partial charge in [-0.15, -0.1) is 0 Å². The summed E-state index contributed by atoms with van der Waals surface area (Å²) >= 11 is 0. The van der Waals surface area contributed by atoms with Gasteiger partial charge >= 0.3 is 0 Å². The Morgan fingerprint density at radius 1 is 1.14 bits per heavy atom. The first kappa shape index (κ1) is 10.4. The number of rotatable bonds is 0. The molecule has 2 bridgehead atoms. The van der Waals surface area contributed by atoms with Gasteiger partial charge in [-0.05, 0) is 33.6 Å². The van der Waals surface area contributed by atoms with E-state index in [-0.39, 0.29) is 5.54 Å². The molecule has 0 amide bonds. The standard InChI is InChI=1S/C11H22N2O/c1-11(2,3)13-9-4-8(12)5-10(13)7-14-6-9/h8-10H,4-7,12H2,1-3H3. The Kier molecular flexibility index (Phi) is 2.58. The van der Waals surface area contributed by atoms with Gasteiger partial charge in [-0.3, -0.25) is 4.90 Å². The number of morpholine rings is 1. The number of fused-ring (bicyclic) bond motifs is 2. The Labute approximate surface area is 86.6 Å². The van der Waals surface area contributed by atoms with Crippen molar-refractivity contribution >= 4 is 0 Å². The van der Waals surface area contributed by atoms with Crippen LogP contribution in [0, 0.1) is 0 Å². The van der Waals surface area contributed by atoms with Crippen LogP contribution in [0.15, 0.2) is 0 Å². The molecule has 82 valence electrons. The maximum absolute atomic E-state index is 6.05. The molecule has 2 fully saturated rings. The third-order valence-electron chi connectivity index (χ3n) is 3.33. The first-order chi connectivity index (χ1) is 6.48. The third-order valence-corrected chi connectivity index (χ3v) is 3.33. The van der Waals surface area contributed by atoms with E-state index < -0.39 is 0 Å². The van der Waals surface area contributed by atoms with E-state index in [0.29, 0.717) is 18.1 Å². The SMILES string of the molecule is CC(C)(C)N1C2COCC1CC(N)C2. The van der Waals surface area contributed by atoms with Crippen molar-refractivity contribution in [1.82, 2.24) is 4.90 Å². The van der Waals surface area contributed by atoms with E-state index >= 15 is 0 Å². The van der Waals surface area contributed by atoms with Gasteiger partial charge in [0.2, 0.25) is 0 Å². The smallest absolute Gasteiger partial charge is 0.0623 e. The maximum atomic E-state index is 6.05. The van der Waals surface area contributed by atoms with E-state index in [1.807, 2.05) is 0 Å². The van der Waals surface area contributed by atoms with E-state index in [2.05, 4.69) is 25.7 Å². The Morgan fingerprint density at radius 2 is 1.64 bits per heavy atom. The van der Waals surface area contributed by atoms with Gasteiger partial charge in [0.05, 0.1) is 13.2 Å². The fraction of sp³-hybridized carbons (Fsp3) is 1.00. The first-order valence-corrected chi connectivity index (χ1v) is 5.60. The molecule has 14 heavy (non-hydrogen) atoms. The van der Waals surface area contributed by atoms with Crippen LogP contribution in [0.2, 0.25) is 0 Å². The van der Waals surface area contributed by atoms with Gasteiger partial charge < -0.3 is 10.5 Å². The van der Waals surface area contributed by atoms with Gasteiger partial charge in [0, 0.05) is 23.7 Å². The van der Waals surface area contributed by atoms with Crippen molar-refractivity contribution in [1.29, 1.82) is 0 Å². The van der Waals surface area contributed by atoms with Crippen molar-refractivity contribution in [2.75, 3.05) is 13.2 Å². The van der Waals surface area contributed by atoms with Crippen molar-refractivity contribution in [3.63, 3.8) is 0 Å². The molecule has 2 N–H and O–H groups in total. The third kappa shape index (κ3) is 1.81. The second-order valence-corrected chi connectivity index (χ2v) is 5.65. The van der Waals surface area contributed by atoms with E-state index in [1.54, 1.807) is 0 Å². The van der Waals surface area contributed by atoms with Crippen LogP contribution in [0.4, 0.5) is 0 Å². The summed E-state index contributed by atoms with van der Waals surface area (Å²) in [5, 5.41) is 0. The summed E-state index contributed by atoms with van der Waals surface area (Å²) in [6.07, 6.45) is 2.18. The van der Waals surface area contributed by atoms with Gasteiger partial charge in [-0.25, -0.2) is 0 Å². The summed E-state index contributed by atoms with van der Waals surface area (Å²) in [5.41, 5.74) is 6.30. The Morgan fingerprint density at radius 3 is 2.07 bits per heavy atom. The highest BCUT2D eigenvalue weighted by molar-refractivity contribution is 4.98. The maximum Gasteiger partial charge on any atom is 0.0623 e. The highest BCUT2D eigenvalue weighted by atomic mass is 16.5. The number of hydrogen-bond acceptors (Lipinski definition) is 3. The molecule has 2 heterocycles. The van der Waals surface area contributed by atoms with E-state index in [9.17, 15) is 0 Å². The normalized spacial score (nSPS) is 39.9. The zero-order chi connectivity index (χ0) is 10.3. The molecule has 2 saturated heterocycles. The van der Waals surface area contributed by atoms with Gasteiger partial charge in [0.25, 0.3) is 0 Å². The fourth-order valence-electron chi connectivity index (χ4n) is 3.05.